The van der Waals surface area contributed by atoms with Crippen LogP contribution in [0.15, 0.2) is 42.6 Å². The van der Waals surface area contributed by atoms with E-state index in [0.29, 0.717) is 22.8 Å². The van der Waals surface area contributed by atoms with Gasteiger partial charge in [0.2, 0.25) is 0 Å². The van der Waals surface area contributed by atoms with Gasteiger partial charge in [-0.25, -0.2) is 4.98 Å². The van der Waals surface area contributed by atoms with Crippen molar-refractivity contribution in [1.82, 2.24) is 4.98 Å². The van der Waals surface area contributed by atoms with Crippen LogP contribution in [0, 0.1) is 0 Å². The summed E-state index contributed by atoms with van der Waals surface area (Å²) in [5.41, 5.74) is 1.75. The number of carboxylic acid groups (broad SMARTS) is 1. The summed E-state index contributed by atoms with van der Waals surface area (Å²) in [5, 5.41) is 11.8. The van der Waals surface area contributed by atoms with Crippen LogP contribution >= 0.6 is 11.6 Å². The van der Waals surface area contributed by atoms with E-state index in [4.69, 9.17) is 16.7 Å². The topological polar surface area (TPSA) is 79.3 Å². The summed E-state index contributed by atoms with van der Waals surface area (Å²) in [6, 6.07) is 10.2. The smallest absolute Gasteiger partial charge is 0.303 e. The molecule has 1 aromatic carbocycles. The molecule has 0 aliphatic heterocycles. The molecule has 0 saturated heterocycles. The second-order valence-corrected chi connectivity index (χ2v) is 4.76. The Bertz CT molecular complexity index is 656. The number of hydrogen-bond acceptors (Lipinski definition) is 3. The molecule has 1 aromatic heterocycles. The third-order valence-corrected chi connectivity index (χ3v) is 3.09. The monoisotopic (exact) mass is 304 g/mol. The van der Waals surface area contributed by atoms with Gasteiger partial charge in [-0.1, -0.05) is 29.8 Å². The Balaban J connectivity index is 2.13. The maximum atomic E-state index is 12.1. The Morgan fingerprint density at radius 1 is 1.19 bits per heavy atom. The number of aliphatic carboxylic acids is 1. The van der Waals surface area contributed by atoms with E-state index in [9.17, 15) is 9.59 Å². The Hall–Kier alpha value is -2.40. The van der Waals surface area contributed by atoms with Crippen LogP contribution < -0.4 is 5.32 Å². The first-order valence-corrected chi connectivity index (χ1v) is 6.66. The zero-order chi connectivity index (χ0) is 15.2. The van der Waals surface area contributed by atoms with Crippen LogP contribution in [0.2, 0.25) is 5.15 Å². The normalized spacial score (nSPS) is 10.1. The second-order valence-electron chi connectivity index (χ2n) is 4.37. The van der Waals surface area contributed by atoms with E-state index in [0.717, 1.165) is 5.56 Å². The number of para-hydroxylation sites is 1. The van der Waals surface area contributed by atoms with Crippen molar-refractivity contribution in [3.05, 3.63) is 58.9 Å². The molecule has 5 nitrogen and oxygen atoms in total. The fourth-order valence-corrected chi connectivity index (χ4v) is 1.92. The Labute approximate surface area is 126 Å². The van der Waals surface area contributed by atoms with Crippen molar-refractivity contribution in [2.24, 2.45) is 0 Å². The Morgan fingerprint density at radius 3 is 2.62 bits per heavy atom. The van der Waals surface area contributed by atoms with Gasteiger partial charge in [-0.05, 0) is 30.2 Å². The number of halogens is 1. The predicted molar refractivity (Wildman–Crippen MR) is 79.6 cm³/mol. The summed E-state index contributed by atoms with van der Waals surface area (Å²) in [6.07, 6.45) is 1.75. The van der Waals surface area contributed by atoms with Crippen molar-refractivity contribution >= 4 is 29.2 Å². The van der Waals surface area contributed by atoms with Crippen molar-refractivity contribution in [2.75, 3.05) is 5.32 Å². The zero-order valence-corrected chi connectivity index (χ0v) is 11.8. The number of aryl methyl sites for hydroxylation is 1. The fraction of sp³-hybridized carbons (Fsp3) is 0.133. The standard InChI is InChI=1S/C15H13ClN2O3/c16-13-7-5-11(9-17-13)15(21)18-12-4-2-1-3-10(12)6-8-14(19)20/h1-5,7,9H,6,8H2,(H,18,21)(H,19,20). The van der Waals surface area contributed by atoms with E-state index in [-0.39, 0.29) is 12.3 Å². The summed E-state index contributed by atoms with van der Waals surface area (Å²) in [5.74, 6) is -1.19. The number of carbonyl (C=O) groups excluding carboxylic acids is 1. The van der Waals surface area contributed by atoms with Gasteiger partial charge in [-0.3, -0.25) is 9.59 Å². The number of carboxylic acids is 1. The van der Waals surface area contributed by atoms with Crippen LogP contribution in [-0.2, 0) is 11.2 Å². The molecule has 21 heavy (non-hydrogen) atoms. The van der Waals surface area contributed by atoms with Gasteiger partial charge in [0, 0.05) is 18.3 Å². The lowest BCUT2D eigenvalue weighted by molar-refractivity contribution is -0.136. The molecule has 0 radical (unpaired) electrons. The molecule has 2 aromatic rings. The number of pyridine rings is 1. The summed E-state index contributed by atoms with van der Waals surface area (Å²) < 4.78 is 0. The minimum Gasteiger partial charge on any atom is -0.481 e. The number of hydrogen-bond donors (Lipinski definition) is 2. The van der Waals surface area contributed by atoms with Gasteiger partial charge in [0.05, 0.1) is 5.56 Å². The molecule has 2 N–H and O–H groups in total. The molecule has 0 bridgehead atoms. The molecule has 108 valence electrons. The molecule has 2 rings (SSSR count). The Morgan fingerprint density at radius 2 is 1.95 bits per heavy atom. The van der Waals surface area contributed by atoms with Crippen LogP contribution in [0.25, 0.3) is 0 Å². The maximum absolute atomic E-state index is 12.1. The lowest BCUT2D eigenvalue weighted by Crippen LogP contribution is -2.13. The number of benzene rings is 1. The molecule has 0 spiro atoms. The molecule has 1 amide bonds. The molecule has 0 unspecified atom stereocenters. The van der Waals surface area contributed by atoms with Gasteiger partial charge in [-0.15, -0.1) is 0 Å². The van der Waals surface area contributed by atoms with E-state index in [1.165, 1.54) is 12.3 Å². The van der Waals surface area contributed by atoms with E-state index in [1.54, 1.807) is 30.3 Å². The highest BCUT2D eigenvalue weighted by molar-refractivity contribution is 6.29. The number of carbonyl (C=O) groups is 2. The molecule has 0 aliphatic rings. The van der Waals surface area contributed by atoms with Gasteiger partial charge >= 0.3 is 5.97 Å². The average Bonchev–Trinajstić information content (AvgIpc) is 2.47. The van der Waals surface area contributed by atoms with Crippen molar-refractivity contribution in [1.29, 1.82) is 0 Å². The lowest BCUT2D eigenvalue weighted by atomic mass is 10.1. The largest absolute Gasteiger partial charge is 0.481 e. The van der Waals surface area contributed by atoms with Crippen LogP contribution in [0.1, 0.15) is 22.3 Å². The maximum Gasteiger partial charge on any atom is 0.303 e. The third-order valence-electron chi connectivity index (χ3n) is 2.86. The van der Waals surface area contributed by atoms with Gasteiger partial charge < -0.3 is 10.4 Å². The number of nitrogens with one attached hydrogen (secondary N) is 1. The van der Waals surface area contributed by atoms with Crippen LogP contribution in [-0.4, -0.2) is 22.0 Å². The fourth-order valence-electron chi connectivity index (χ4n) is 1.81. The second kappa shape index (κ2) is 6.85. The highest BCUT2D eigenvalue weighted by Crippen LogP contribution is 2.18. The quantitative estimate of drug-likeness (QED) is 0.832. The van der Waals surface area contributed by atoms with E-state index in [2.05, 4.69) is 10.3 Å². The summed E-state index contributed by atoms with van der Waals surface area (Å²) in [6.45, 7) is 0. The Kier molecular flexibility index (Phi) is 4.90. The van der Waals surface area contributed by atoms with Gasteiger partial charge in [0.25, 0.3) is 5.91 Å². The number of anilines is 1. The average molecular weight is 305 g/mol. The highest BCUT2D eigenvalue weighted by Gasteiger charge is 2.10. The number of amides is 1. The first-order valence-electron chi connectivity index (χ1n) is 6.29. The first kappa shape index (κ1) is 15.0. The van der Waals surface area contributed by atoms with Crippen molar-refractivity contribution in [3.8, 4) is 0 Å². The van der Waals surface area contributed by atoms with Crippen molar-refractivity contribution in [3.63, 3.8) is 0 Å². The summed E-state index contributed by atoms with van der Waals surface area (Å²) in [4.78, 5) is 26.6. The lowest BCUT2D eigenvalue weighted by Gasteiger charge is -2.10. The summed E-state index contributed by atoms with van der Waals surface area (Å²) >= 11 is 5.67. The van der Waals surface area contributed by atoms with E-state index < -0.39 is 5.97 Å². The molecule has 0 atom stereocenters. The predicted octanol–water partition coefficient (Wildman–Crippen LogP) is 3.00. The van der Waals surface area contributed by atoms with E-state index in [1.807, 2.05) is 0 Å². The number of rotatable bonds is 5. The van der Waals surface area contributed by atoms with Gasteiger partial charge in [-0.2, -0.15) is 0 Å². The minimum atomic E-state index is -0.877. The van der Waals surface area contributed by atoms with Crippen molar-refractivity contribution < 1.29 is 14.7 Å². The minimum absolute atomic E-state index is 0.00931. The zero-order valence-electron chi connectivity index (χ0n) is 11.0. The van der Waals surface area contributed by atoms with Gasteiger partial charge in [0.15, 0.2) is 0 Å². The molecule has 1 heterocycles. The molecule has 0 fully saturated rings. The highest BCUT2D eigenvalue weighted by atomic mass is 35.5. The molecule has 6 heteroatoms. The third kappa shape index (κ3) is 4.29. The molecule has 0 aliphatic carbocycles. The molecular formula is C15H13ClN2O3. The van der Waals surface area contributed by atoms with E-state index >= 15 is 0 Å². The van der Waals surface area contributed by atoms with Gasteiger partial charge in [0.1, 0.15) is 5.15 Å². The van der Waals surface area contributed by atoms with Crippen LogP contribution in [0.4, 0.5) is 5.69 Å². The summed E-state index contributed by atoms with van der Waals surface area (Å²) in [7, 11) is 0. The van der Waals surface area contributed by atoms with Crippen LogP contribution in [0.3, 0.4) is 0 Å². The molecule has 0 saturated carbocycles. The van der Waals surface area contributed by atoms with Crippen molar-refractivity contribution in [2.45, 2.75) is 12.8 Å². The van der Waals surface area contributed by atoms with Crippen LogP contribution in [0.5, 0.6) is 0 Å². The first-order chi connectivity index (χ1) is 10.1. The number of nitrogens with zero attached hydrogens (tertiary/aromatic N) is 1. The SMILES string of the molecule is O=C(O)CCc1ccccc1NC(=O)c1ccc(Cl)nc1. The number of aromatic nitrogens is 1. The molecular weight excluding hydrogens is 292 g/mol.